The molecule has 1 N–H and O–H groups in total. The highest BCUT2D eigenvalue weighted by Crippen LogP contribution is 2.37. The molecular formula is C14H15Cl2N3O2. The fourth-order valence-electron chi connectivity index (χ4n) is 1.80. The van der Waals surface area contributed by atoms with Crippen LogP contribution in [0.5, 0.6) is 11.5 Å². The van der Waals surface area contributed by atoms with Crippen LogP contribution in [0.2, 0.25) is 10.2 Å². The quantitative estimate of drug-likeness (QED) is 0.854. The van der Waals surface area contributed by atoms with E-state index < -0.39 is 0 Å². The summed E-state index contributed by atoms with van der Waals surface area (Å²) in [5.74, 6) is 2.30. The predicted molar refractivity (Wildman–Crippen MR) is 84.4 cm³/mol. The van der Waals surface area contributed by atoms with E-state index in [2.05, 4.69) is 15.3 Å². The van der Waals surface area contributed by atoms with E-state index in [1.165, 1.54) is 0 Å². The Hall–Kier alpha value is -1.72. The van der Waals surface area contributed by atoms with Crippen molar-refractivity contribution in [2.24, 2.45) is 0 Å². The van der Waals surface area contributed by atoms with Gasteiger partial charge in [-0.3, -0.25) is 0 Å². The maximum Gasteiger partial charge on any atom is 0.144 e. The molecule has 0 radical (unpaired) electrons. The van der Waals surface area contributed by atoms with Gasteiger partial charge in [0.25, 0.3) is 0 Å². The third-order valence-corrected chi connectivity index (χ3v) is 3.59. The van der Waals surface area contributed by atoms with E-state index in [1.807, 2.05) is 6.92 Å². The molecule has 0 atom stereocenters. The summed E-state index contributed by atoms with van der Waals surface area (Å²) in [6, 6.07) is 3.42. The van der Waals surface area contributed by atoms with Gasteiger partial charge in [-0.2, -0.15) is 0 Å². The average Bonchev–Trinajstić information content (AvgIpc) is 2.45. The topological polar surface area (TPSA) is 56.3 Å². The van der Waals surface area contributed by atoms with Crippen molar-refractivity contribution in [3.05, 3.63) is 33.7 Å². The van der Waals surface area contributed by atoms with E-state index in [0.717, 1.165) is 5.56 Å². The minimum Gasteiger partial charge on any atom is -0.495 e. The molecule has 0 fully saturated rings. The van der Waals surface area contributed by atoms with Gasteiger partial charge < -0.3 is 14.8 Å². The number of hydrogen-bond donors (Lipinski definition) is 1. The number of ether oxygens (including phenoxy) is 2. The largest absolute Gasteiger partial charge is 0.495 e. The van der Waals surface area contributed by atoms with Gasteiger partial charge in [-0.05, 0) is 13.8 Å². The number of benzene rings is 1. The Bertz CT molecular complexity index is 678. The third-order valence-electron chi connectivity index (χ3n) is 2.93. The molecule has 0 saturated heterocycles. The zero-order valence-electron chi connectivity index (χ0n) is 12.1. The van der Waals surface area contributed by atoms with Gasteiger partial charge in [0.15, 0.2) is 0 Å². The number of rotatable bonds is 4. The maximum atomic E-state index is 6.09. The van der Waals surface area contributed by atoms with Crippen LogP contribution in [0.1, 0.15) is 11.4 Å². The van der Waals surface area contributed by atoms with Crippen LogP contribution in [-0.2, 0) is 0 Å². The standard InChI is InChI=1S/C14H15Cl2N3O2/c1-7-13(16)17-8(2)18-14(7)19-10-6-11(20-3)9(15)5-12(10)21-4/h5-6H,1-4H3,(H,17,18,19). The lowest BCUT2D eigenvalue weighted by atomic mass is 10.2. The molecular weight excluding hydrogens is 313 g/mol. The first-order valence-corrected chi connectivity index (χ1v) is 6.91. The van der Waals surface area contributed by atoms with E-state index in [0.29, 0.717) is 39.0 Å². The molecule has 7 heteroatoms. The van der Waals surface area contributed by atoms with Crippen LogP contribution in [0.4, 0.5) is 11.5 Å². The Morgan fingerprint density at radius 3 is 2.29 bits per heavy atom. The second-order valence-corrected chi connectivity index (χ2v) is 5.11. The van der Waals surface area contributed by atoms with Crippen molar-refractivity contribution in [1.82, 2.24) is 9.97 Å². The van der Waals surface area contributed by atoms with E-state index in [-0.39, 0.29) is 0 Å². The van der Waals surface area contributed by atoms with Crippen LogP contribution < -0.4 is 14.8 Å². The minimum atomic E-state index is 0.407. The number of nitrogens with one attached hydrogen (secondary N) is 1. The van der Waals surface area contributed by atoms with Crippen molar-refractivity contribution in [2.75, 3.05) is 19.5 Å². The van der Waals surface area contributed by atoms with Crippen LogP contribution in [0.25, 0.3) is 0 Å². The molecule has 112 valence electrons. The average molecular weight is 328 g/mol. The maximum absolute atomic E-state index is 6.09. The summed E-state index contributed by atoms with van der Waals surface area (Å²) in [6.07, 6.45) is 0. The van der Waals surface area contributed by atoms with Crippen LogP contribution >= 0.6 is 23.2 Å². The molecule has 0 amide bonds. The van der Waals surface area contributed by atoms with Crippen molar-refractivity contribution in [2.45, 2.75) is 13.8 Å². The molecule has 1 heterocycles. The molecule has 2 rings (SSSR count). The lowest BCUT2D eigenvalue weighted by Gasteiger charge is -2.15. The lowest BCUT2D eigenvalue weighted by molar-refractivity contribution is 0.405. The van der Waals surface area contributed by atoms with Gasteiger partial charge in [0, 0.05) is 17.7 Å². The fourth-order valence-corrected chi connectivity index (χ4v) is 2.24. The molecule has 0 spiro atoms. The summed E-state index contributed by atoms with van der Waals surface area (Å²) in [6.45, 7) is 3.61. The van der Waals surface area contributed by atoms with E-state index in [4.69, 9.17) is 32.7 Å². The summed E-state index contributed by atoms with van der Waals surface area (Å²) in [4.78, 5) is 8.45. The highest BCUT2D eigenvalue weighted by atomic mass is 35.5. The van der Waals surface area contributed by atoms with Crippen molar-refractivity contribution in [3.63, 3.8) is 0 Å². The lowest BCUT2D eigenvalue weighted by Crippen LogP contribution is -2.03. The smallest absolute Gasteiger partial charge is 0.144 e. The Balaban J connectivity index is 2.48. The summed E-state index contributed by atoms with van der Waals surface area (Å²) in [5.41, 5.74) is 1.43. The monoisotopic (exact) mass is 327 g/mol. The molecule has 0 aliphatic heterocycles. The number of hydrogen-bond acceptors (Lipinski definition) is 5. The Morgan fingerprint density at radius 2 is 1.67 bits per heavy atom. The van der Waals surface area contributed by atoms with Gasteiger partial charge in [0.1, 0.15) is 28.3 Å². The van der Waals surface area contributed by atoms with Gasteiger partial charge in [0.05, 0.1) is 24.9 Å². The zero-order chi connectivity index (χ0) is 15.6. The number of nitrogens with zero attached hydrogens (tertiary/aromatic N) is 2. The highest BCUT2D eigenvalue weighted by Gasteiger charge is 2.13. The van der Waals surface area contributed by atoms with Gasteiger partial charge in [-0.15, -0.1) is 0 Å². The molecule has 0 aliphatic carbocycles. The SMILES string of the molecule is COc1cc(Nc2nc(C)nc(Cl)c2C)c(OC)cc1Cl. The van der Waals surface area contributed by atoms with Crippen LogP contribution in [-0.4, -0.2) is 24.2 Å². The van der Waals surface area contributed by atoms with Crippen molar-refractivity contribution >= 4 is 34.7 Å². The second kappa shape index (κ2) is 6.37. The molecule has 0 saturated carbocycles. The first kappa shape index (κ1) is 15.7. The van der Waals surface area contributed by atoms with Crippen molar-refractivity contribution in [1.29, 1.82) is 0 Å². The van der Waals surface area contributed by atoms with Gasteiger partial charge in [-0.25, -0.2) is 9.97 Å². The Morgan fingerprint density at radius 1 is 1.00 bits per heavy atom. The molecule has 5 nitrogen and oxygen atoms in total. The van der Waals surface area contributed by atoms with Crippen LogP contribution in [0.3, 0.4) is 0 Å². The third kappa shape index (κ3) is 3.31. The van der Waals surface area contributed by atoms with Crippen LogP contribution in [0.15, 0.2) is 12.1 Å². The van der Waals surface area contributed by atoms with E-state index in [1.54, 1.807) is 33.3 Å². The Kier molecular flexibility index (Phi) is 4.75. The normalized spacial score (nSPS) is 10.4. The zero-order valence-corrected chi connectivity index (χ0v) is 13.6. The first-order chi connectivity index (χ1) is 9.96. The number of anilines is 2. The van der Waals surface area contributed by atoms with Gasteiger partial charge in [0.2, 0.25) is 0 Å². The number of aromatic nitrogens is 2. The number of aryl methyl sites for hydroxylation is 1. The summed E-state index contributed by atoms with van der Waals surface area (Å²) < 4.78 is 10.5. The predicted octanol–water partition coefficient (Wildman–Crippen LogP) is 4.16. The number of methoxy groups -OCH3 is 2. The van der Waals surface area contributed by atoms with Crippen LogP contribution in [0, 0.1) is 13.8 Å². The summed E-state index contributed by atoms with van der Waals surface area (Å²) in [7, 11) is 3.11. The van der Waals surface area contributed by atoms with Crippen molar-refractivity contribution < 1.29 is 9.47 Å². The minimum absolute atomic E-state index is 0.407. The molecule has 0 bridgehead atoms. The second-order valence-electron chi connectivity index (χ2n) is 4.35. The molecule has 0 unspecified atom stereocenters. The van der Waals surface area contributed by atoms with E-state index in [9.17, 15) is 0 Å². The molecule has 21 heavy (non-hydrogen) atoms. The van der Waals surface area contributed by atoms with Gasteiger partial charge in [-0.1, -0.05) is 23.2 Å². The summed E-state index contributed by atoms with van der Waals surface area (Å²) >= 11 is 12.2. The first-order valence-electron chi connectivity index (χ1n) is 6.15. The highest BCUT2D eigenvalue weighted by molar-refractivity contribution is 6.32. The Labute approximate surface area is 133 Å². The van der Waals surface area contributed by atoms with Gasteiger partial charge >= 0.3 is 0 Å². The van der Waals surface area contributed by atoms with Crippen molar-refractivity contribution in [3.8, 4) is 11.5 Å². The fraction of sp³-hybridized carbons (Fsp3) is 0.286. The van der Waals surface area contributed by atoms with E-state index >= 15 is 0 Å². The molecule has 1 aromatic heterocycles. The molecule has 1 aromatic carbocycles. The number of halogens is 2. The summed E-state index contributed by atoms with van der Waals surface area (Å²) in [5, 5.41) is 4.05. The molecule has 2 aromatic rings. The molecule has 0 aliphatic rings.